The second kappa shape index (κ2) is 6.49. The average molecular weight is 287 g/mol. The Bertz CT molecular complexity index is 405. The van der Waals surface area contributed by atoms with E-state index in [1.54, 1.807) is 11.8 Å². The molecule has 2 heterocycles. The van der Waals surface area contributed by atoms with Gasteiger partial charge in [-0.25, -0.2) is 0 Å². The molecule has 1 amide bonds. The summed E-state index contributed by atoms with van der Waals surface area (Å²) in [7, 11) is 0. The van der Waals surface area contributed by atoms with Crippen LogP contribution in [-0.4, -0.2) is 34.1 Å². The van der Waals surface area contributed by atoms with Crippen LogP contribution in [0.5, 0.6) is 0 Å². The van der Waals surface area contributed by atoms with E-state index in [-0.39, 0.29) is 12.0 Å². The van der Waals surface area contributed by atoms with Gasteiger partial charge in [0.25, 0.3) is 5.91 Å². The van der Waals surface area contributed by atoms with E-state index in [2.05, 4.69) is 29.4 Å². The van der Waals surface area contributed by atoms with E-state index in [9.17, 15) is 4.79 Å². The fourth-order valence-corrected chi connectivity index (χ4v) is 3.53. The summed E-state index contributed by atoms with van der Waals surface area (Å²) in [6.07, 6.45) is 2.50. The minimum atomic E-state index is -0.320. The zero-order valence-corrected chi connectivity index (χ0v) is 12.1. The fraction of sp³-hybridized carbons (Fsp3) is 0.727. The number of hydrogen-bond donors (Lipinski definition) is 1. The van der Waals surface area contributed by atoms with E-state index in [1.165, 1.54) is 11.3 Å². The molecule has 0 saturated carbocycles. The predicted molar refractivity (Wildman–Crippen MR) is 73.1 cm³/mol. The topological polar surface area (TPSA) is 64.1 Å². The summed E-state index contributed by atoms with van der Waals surface area (Å²) in [6.45, 7) is 4.96. The van der Waals surface area contributed by atoms with Gasteiger partial charge in [0.2, 0.25) is 5.13 Å². The molecule has 1 fully saturated rings. The summed E-state index contributed by atoms with van der Waals surface area (Å²) < 4.78 is 6.21. The monoisotopic (exact) mass is 287 g/mol. The molecule has 0 radical (unpaired) electrons. The van der Waals surface area contributed by atoms with Gasteiger partial charge < -0.3 is 4.74 Å². The van der Waals surface area contributed by atoms with Crippen LogP contribution in [0.15, 0.2) is 4.34 Å². The van der Waals surface area contributed by atoms with Gasteiger partial charge in [0.1, 0.15) is 6.10 Å². The molecule has 1 aromatic heterocycles. The smallest absolute Gasteiger partial charge is 0.255 e. The first-order valence-corrected chi connectivity index (χ1v) is 7.81. The van der Waals surface area contributed by atoms with Crippen LogP contribution < -0.4 is 5.32 Å². The van der Waals surface area contributed by atoms with Crippen LogP contribution in [-0.2, 0) is 9.53 Å². The Balaban J connectivity index is 1.87. The Morgan fingerprint density at radius 2 is 2.50 bits per heavy atom. The highest BCUT2D eigenvalue weighted by atomic mass is 32.2. The normalized spacial score (nSPS) is 20.9. The van der Waals surface area contributed by atoms with E-state index in [0.717, 1.165) is 23.6 Å². The highest BCUT2D eigenvalue weighted by molar-refractivity contribution is 8.01. The number of hydrogen-bond acceptors (Lipinski definition) is 6. The molecule has 0 bridgehead atoms. The molecule has 1 saturated heterocycles. The third kappa shape index (κ3) is 3.66. The molecule has 0 aliphatic carbocycles. The Morgan fingerprint density at radius 3 is 3.17 bits per heavy atom. The first kappa shape index (κ1) is 13.8. The van der Waals surface area contributed by atoms with E-state index in [4.69, 9.17) is 4.74 Å². The van der Waals surface area contributed by atoms with Crippen molar-refractivity contribution >= 4 is 34.1 Å². The third-order valence-electron chi connectivity index (χ3n) is 2.74. The van der Waals surface area contributed by atoms with Crippen molar-refractivity contribution in [3.05, 3.63) is 0 Å². The number of thioether (sulfide) groups is 1. The molecule has 1 aliphatic rings. The molecule has 7 heteroatoms. The summed E-state index contributed by atoms with van der Waals surface area (Å²) in [5.74, 6) is -0.108. The van der Waals surface area contributed by atoms with Crippen molar-refractivity contribution in [2.75, 3.05) is 11.9 Å². The van der Waals surface area contributed by atoms with Crippen molar-refractivity contribution in [3.8, 4) is 0 Å². The first-order valence-electron chi connectivity index (χ1n) is 6.11. The zero-order chi connectivity index (χ0) is 13.0. The van der Waals surface area contributed by atoms with Crippen molar-refractivity contribution in [2.45, 2.75) is 48.8 Å². The number of amides is 1. The fourth-order valence-electron chi connectivity index (χ4n) is 1.53. The summed E-state index contributed by atoms with van der Waals surface area (Å²) in [5, 5.41) is 11.9. The lowest BCUT2D eigenvalue weighted by Gasteiger charge is -2.07. The van der Waals surface area contributed by atoms with Gasteiger partial charge in [-0.1, -0.05) is 36.9 Å². The van der Waals surface area contributed by atoms with Gasteiger partial charge in [-0.15, -0.1) is 10.2 Å². The van der Waals surface area contributed by atoms with Crippen molar-refractivity contribution in [3.63, 3.8) is 0 Å². The lowest BCUT2D eigenvalue weighted by molar-refractivity contribution is -0.124. The zero-order valence-electron chi connectivity index (χ0n) is 10.5. The Labute approximate surface area is 115 Å². The molecule has 2 rings (SSSR count). The van der Waals surface area contributed by atoms with E-state index >= 15 is 0 Å². The maximum Gasteiger partial charge on any atom is 0.255 e. The van der Waals surface area contributed by atoms with Gasteiger partial charge in [0, 0.05) is 11.9 Å². The number of ether oxygens (including phenoxy) is 1. The molecule has 1 aliphatic heterocycles. The van der Waals surface area contributed by atoms with Crippen LogP contribution in [0.4, 0.5) is 5.13 Å². The molecule has 5 nitrogen and oxygen atoms in total. The first-order chi connectivity index (χ1) is 8.69. The van der Waals surface area contributed by atoms with Crippen LogP contribution >= 0.6 is 23.1 Å². The highest BCUT2D eigenvalue weighted by Crippen LogP contribution is 2.30. The highest BCUT2D eigenvalue weighted by Gasteiger charge is 2.24. The number of rotatable bonds is 5. The molecular weight excluding hydrogens is 270 g/mol. The molecular formula is C11H17N3O2S2. The van der Waals surface area contributed by atoms with Crippen LogP contribution in [0.3, 0.4) is 0 Å². The van der Waals surface area contributed by atoms with Crippen LogP contribution in [0, 0.1) is 0 Å². The van der Waals surface area contributed by atoms with E-state index in [0.29, 0.717) is 17.0 Å². The summed E-state index contributed by atoms with van der Waals surface area (Å²) in [5.41, 5.74) is 0. The summed E-state index contributed by atoms with van der Waals surface area (Å²) >= 11 is 3.10. The van der Waals surface area contributed by atoms with Crippen molar-refractivity contribution in [1.29, 1.82) is 0 Å². The second-order valence-corrected chi connectivity index (χ2v) is 6.86. The molecule has 1 aromatic rings. The third-order valence-corrected chi connectivity index (χ3v) is 4.93. The van der Waals surface area contributed by atoms with E-state index < -0.39 is 0 Å². The quantitative estimate of drug-likeness (QED) is 0.666. The predicted octanol–water partition coefficient (Wildman–Crippen LogP) is 2.55. The lowest BCUT2D eigenvalue weighted by atomic mass is 10.2. The van der Waals surface area contributed by atoms with Gasteiger partial charge in [0.15, 0.2) is 4.34 Å². The number of nitrogens with one attached hydrogen (secondary N) is 1. The Kier molecular flexibility index (Phi) is 4.96. The van der Waals surface area contributed by atoms with Gasteiger partial charge >= 0.3 is 0 Å². The molecule has 2 atom stereocenters. The minimum Gasteiger partial charge on any atom is -0.368 e. The minimum absolute atomic E-state index is 0.108. The number of carbonyl (C=O) groups excluding carboxylic acids is 1. The van der Waals surface area contributed by atoms with Crippen LogP contribution in [0.1, 0.15) is 33.1 Å². The average Bonchev–Trinajstić information content (AvgIpc) is 3.00. The molecule has 0 spiro atoms. The van der Waals surface area contributed by atoms with Gasteiger partial charge in [-0.2, -0.15) is 0 Å². The number of carbonyl (C=O) groups is 1. The second-order valence-electron chi connectivity index (χ2n) is 4.20. The van der Waals surface area contributed by atoms with Gasteiger partial charge in [-0.3, -0.25) is 10.1 Å². The van der Waals surface area contributed by atoms with Gasteiger partial charge in [0.05, 0.1) is 0 Å². The molecule has 1 N–H and O–H groups in total. The van der Waals surface area contributed by atoms with Crippen molar-refractivity contribution < 1.29 is 9.53 Å². The van der Waals surface area contributed by atoms with Crippen molar-refractivity contribution in [1.82, 2.24) is 10.2 Å². The van der Waals surface area contributed by atoms with Gasteiger partial charge in [-0.05, 0) is 19.3 Å². The number of anilines is 1. The number of aromatic nitrogens is 2. The summed E-state index contributed by atoms with van der Waals surface area (Å²) in [6, 6.07) is 0. The molecule has 18 heavy (non-hydrogen) atoms. The number of nitrogens with zero attached hydrogens (tertiary/aromatic N) is 2. The summed E-state index contributed by atoms with van der Waals surface area (Å²) in [4.78, 5) is 11.8. The maximum absolute atomic E-state index is 11.8. The van der Waals surface area contributed by atoms with E-state index in [1.807, 2.05) is 0 Å². The Morgan fingerprint density at radius 1 is 1.67 bits per heavy atom. The lowest BCUT2D eigenvalue weighted by Crippen LogP contribution is -2.26. The molecule has 100 valence electrons. The van der Waals surface area contributed by atoms with Crippen LogP contribution in [0.25, 0.3) is 0 Å². The Hall–Kier alpha value is -0.660. The van der Waals surface area contributed by atoms with Crippen LogP contribution in [0.2, 0.25) is 0 Å². The largest absolute Gasteiger partial charge is 0.368 e. The van der Waals surface area contributed by atoms with Crippen molar-refractivity contribution in [2.24, 2.45) is 0 Å². The SMILES string of the molecule is CC[C@@H](C)Sc1nnc(NC(=O)[C@@H]2CCCO2)s1. The maximum atomic E-state index is 11.8. The molecule has 0 unspecified atom stereocenters. The molecule has 0 aromatic carbocycles. The standard InChI is InChI=1S/C11H17N3O2S2/c1-3-7(2)17-11-14-13-10(18-11)12-9(15)8-5-4-6-16-8/h7-8H,3-6H2,1-2H3,(H,12,13,15)/t7-,8+/m1/s1.